The second-order valence-electron chi connectivity index (χ2n) is 6.51. The van der Waals surface area contributed by atoms with Crippen LogP contribution in [0.4, 0.5) is 10.2 Å². The zero-order chi connectivity index (χ0) is 20.4. The molecular formula is C19H20FN5O4. The molecule has 1 saturated heterocycles. The standard InChI is InChI=1S/C19H20FN5O4/c1-2-29-19(27)14-11-22-25-5-3-16(23-17(14)25)24-6-8-28-7-4-15(24)13-9-12(20)10-21-18(13)26/h3,5,9-11,15H,2,4,6-8H2,1H3,(H,21,26). The summed E-state index contributed by atoms with van der Waals surface area (Å²) in [5.41, 5.74) is 0.967. The predicted octanol–water partition coefficient (Wildman–Crippen LogP) is 2.11. The van der Waals surface area contributed by atoms with E-state index in [0.717, 1.165) is 6.20 Å². The number of esters is 1. The zero-order valence-electron chi connectivity index (χ0n) is 15.8. The van der Waals surface area contributed by atoms with Crippen LogP contribution in [0.5, 0.6) is 5.88 Å². The zero-order valence-corrected chi connectivity index (χ0v) is 15.8. The van der Waals surface area contributed by atoms with E-state index in [1.807, 2.05) is 4.90 Å². The number of rotatable bonds is 4. The summed E-state index contributed by atoms with van der Waals surface area (Å²) >= 11 is 0. The van der Waals surface area contributed by atoms with Gasteiger partial charge in [-0.1, -0.05) is 0 Å². The van der Waals surface area contributed by atoms with Crippen molar-refractivity contribution in [3.63, 3.8) is 0 Å². The summed E-state index contributed by atoms with van der Waals surface area (Å²) in [4.78, 5) is 22.4. The lowest BCUT2D eigenvalue weighted by Gasteiger charge is -2.30. The summed E-state index contributed by atoms with van der Waals surface area (Å²) < 4.78 is 25.9. The van der Waals surface area contributed by atoms with Crippen molar-refractivity contribution in [2.24, 2.45) is 0 Å². The summed E-state index contributed by atoms with van der Waals surface area (Å²) in [5, 5.41) is 14.4. The van der Waals surface area contributed by atoms with E-state index in [1.165, 1.54) is 16.8 Å². The molecular weight excluding hydrogens is 381 g/mol. The van der Waals surface area contributed by atoms with Gasteiger partial charge in [-0.05, 0) is 25.5 Å². The van der Waals surface area contributed by atoms with Crippen LogP contribution in [0.25, 0.3) is 5.65 Å². The molecule has 1 atom stereocenters. The number of anilines is 1. The van der Waals surface area contributed by atoms with Crippen molar-refractivity contribution in [1.82, 2.24) is 19.6 Å². The lowest BCUT2D eigenvalue weighted by atomic mass is 10.0. The molecule has 0 aromatic carbocycles. The Kier molecular flexibility index (Phi) is 5.26. The number of fused-ring (bicyclic) bond motifs is 1. The summed E-state index contributed by atoms with van der Waals surface area (Å²) in [6.45, 7) is 3.32. The molecule has 0 bridgehead atoms. The van der Waals surface area contributed by atoms with Crippen LogP contribution in [0.15, 0.2) is 30.7 Å². The van der Waals surface area contributed by atoms with E-state index < -0.39 is 17.8 Å². The maximum absolute atomic E-state index is 13.8. The van der Waals surface area contributed by atoms with Crippen LogP contribution in [-0.4, -0.2) is 57.0 Å². The van der Waals surface area contributed by atoms with Crippen molar-refractivity contribution in [1.29, 1.82) is 0 Å². The Balaban J connectivity index is 1.77. The topological polar surface area (TPSA) is 102 Å². The Morgan fingerprint density at radius 2 is 2.28 bits per heavy atom. The van der Waals surface area contributed by atoms with Crippen LogP contribution in [0.1, 0.15) is 35.3 Å². The highest BCUT2D eigenvalue weighted by molar-refractivity contribution is 5.95. The molecule has 0 radical (unpaired) electrons. The fraction of sp³-hybridized carbons (Fsp3) is 0.368. The Bertz CT molecular complexity index is 1040. The number of carbonyl (C=O) groups is 1. The summed E-state index contributed by atoms with van der Waals surface area (Å²) in [7, 11) is 0. The molecule has 0 amide bonds. The van der Waals surface area contributed by atoms with Crippen LogP contribution >= 0.6 is 0 Å². The molecule has 0 spiro atoms. The molecule has 0 saturated carbocycles. The highest BCUT2D eigenvalue weighted by atomic mass is 19.1. The molecule has 1 N–H and O–H groups in total. The van der Waals surface area contributed by atoms with E-state index in [0.29, 0.717) is 43.2 Å². The minimum absolute atomic E-state index is 0.235. The molecule has 3 aromatic rings. The molecule has 4 rings (SSSR count). The van der Waals surface area contributed by atoms with Crippen molar-refractivity contribution in [2.75, 3.05) is 31.3 Å². The quantitative estimate of drug-likeness (QED) is 0.664. The van der Waals surface area contributed by atoms with Gasteiger partial charge in [0.1, 0.15) is 17.2 Å². The molecule has 152 valence electrons. The molecule has 4 heterocycles. The molecule has 9 nitrogen and oxygen atoms in total. The minimum atomic E-state index is -0.535. The van der Waals surface area contributed by atoms with Crippen molar-refractivity contribution in [3.8, 4) is 5.88 Å². The van der Waals surface area contributed by atoms with E-state index in [1.54, 1.807) is 19.2 Å². The van der Waals surface area contributed by atoms with Gasteiger partial charge < -0.3 is 19.5 Å². The minimum Gasteiger partial charge on any atom is -0.493 e. The summed E-state index contributed by atoms with van der Waals surface area (Å²) in [5.74, 6) is -0.731. The van der Waals surface area contributed by atoms with Crippen molar-refractivity contribution >= 4 is 17.4 Å². The number of aromatic hydroxyl groups is 1. The van der Waals surface area contributed by atoms with Gasteiger partial charge in [-0.2, -0.15) is 5.10 Å². The van der Waals surface area contributed by atoms with E-state index in [-0.39, 0.29) is 18.1 Å². The van der Waals surface area contributed by atoms with Gasteiger partial charge in [-0.15, -0.1) is 0 Å². The lowest BCUT2D eigenvalue weighted by molar-refractivity contribution is 0.0528. The Morgan fingerprint density at radius 1 is 1.41 bits per heavy atom. The number of carbonyl (C=O) groups excluding carboxylic acids is 1. The fourth-order valence-corrected chi connectivity index (χ4v) is 3.43. The molecule has 1 aliphatic rings. The third-order valence-electron chi connectivity index (χ3n) is 4.75. The number of pyridine rings is 1. The maximum Gasteiger partial charge on any atom is 0.343 e. The summed E-state index contributed by atoms with van der Waals surface area (Å²) in [6, 6.07) is 2.62. The van der Waals surface area contributed by atoms with Crippen LogP contribution in [0.2, 0.25) is 0 Å². The van der Waals surface area contributed by atoms with Gasteiger partial charge in [-0.3, -0.25) is 0 Å². The van der Waals surface area contributed by atoms with Gasteiger partial charge in [0.2, 0.25) is 5.88 Å². The number of nitrogens with zero attached hydrogens (tertiary/aromatic N) is 5. The SMILES string of the molecule is CCOC(=O)c1cnn2ccc(N3CCOCCC3c3cc(F)cnc3O)nc12. The second kappa shape index (κ2) is 8.00. The van der Waals surface area contributed by atoms with Gasteiger partial charge >= 0.3 is 5.97 Å². The lowest BCUT2D eigenvalue weighted by Crippen LogP contribution is -2.31. The van der Waals surface area contributed by atoms with Gasteiger partial charge in [0.25, 0.3) is 0 Å². The molecule has 29 heavy (non-hydrogen) atoms. The van der Waals surface area contributed by atoms with Gasteiger partial charge in [0.05, 0.1) is 31.6 Å². The third kappa shape index (κ3) is 3.70. The van der Waals surface area contributed by atoms with Crippen molar-refractivity contribution in [3.05, 3.63) is 47.7 Å². The highest BCUT2D eigenvalue weighted by Crippen LogP contribution is 2.34. The Labute approximate surface area is 165 Å². The van der Waals surface area contributed by atoms with E-state index in [9.17, 15) is 14.3 Å². The first kappa shape index (κ1) is 19.1. The van der Waals surface area contributed by atoms with Crippen molar-refractivity contribution in [2.45, 2.75) is 19.4 Å². The number of halogens is 1. The molecule has 3 aromatic heterocycles. The largest absolute Gasteiger partial charge is 0.493 e. The van der Waals surface area contributed by atoms with E-state index in [2.05, 4.69) is 15.1 Å². The average Bonchev–Trinajstić information content (AvgIpc) is 2.98. The summed E-state index contributed by atoms with van der Waals surface area (Å²) in [6.07, 6.45) is 4.58. The number of hydrogen-bond acceptors (Lipinski definition) is 8. The predicted molar refractivity (Wildman–Crippen MR) is 100 cm³/mol. The van der Waals surface area contributed by atoms with Gasteiger partial charge in [0.15, 0.2) is 5.65 Å². The Hall–Kier alpha value is -3.27. The van der Waals surface area contributed by atoms with Crippen LogP contribution < -0.4 is 4.90 Å². The first-order valence-electron chi connectivity index (χ1n) is 9.28. The first-order chi connectivity index (χ1) is 14.1. The molecule has 0 aliphatic carbocycles. The smallest absolute Gasteiger partial charge is 0.343 e. The van der Waals surface area contributed by atoms with Crippen molar-refractivity contribution < 1.29 is 23.8 Å². The normalized spacial score (nSPS) is 17.3. The monoisotopic (exact) mass is 401 g/mol. The molecule has 1 fully saturated rings. The first-order valence-corrected chi connectivity index (χ1v) is 9.28. The van der Waals surface area contributed by atoms with Crippen LogP contribution in [0.3, 0.4) is 0 Å². The van der Waals surface area contributed by atoms with Gasteiger partial charge in [0, 0.05) is 24.9 Å². The molecule has 1 unspecified atom stereocenters. The highest BCUT2D eigenvalue weighted by Gasteiger charge is 2.28. The number of hydrogen-bond donors (Lipinski definition) is 1. The number of ether oxygens (including phenoxy) is 2. The fourth-order valence-electron chi connectivity index (χ4n) is 3.43. The van der Waals surface area contributed by atoms with E-state index >= 15 is 0 Å². The number of aromatic nitrogens is 4. The Morgan fingerprint density at radius 3 is 3.10 bits per heavy atom. The van der Waals surface area contributed by atoms with E-state index in [4.69, 9.17) is 9.47 Å². The molecule has 1 aliphatic heterocycles. The third-order valence-corrected chi connectivity index (χ3v) is 4.75. The maximum atomic E-state index is 13.8. The van der Waals surface area contributed by atoms with Gasteiger partial charge in [-0.25, -0.2) is 23.7 Å². The van der Waals surface area contributed by atoms with Crippen LogP contribution in [0, 0.1) is 5.82 Å². The van der Waals surface area contributed by atoms with Crippen LogP contribution in [-0.2, 0) is 9.47 Å². The molecule has 10 heteroatoms. The second-order valence-corrected chi connectivity index (χ2v) is 6.51. The average molecular weight is 401 g/mol.